The predicted molar refractivity (Wildman–Crippen MR) is 198 cm³/mol. The Morgan fingerprint density at radius 3 is 2.42 bits per heavy atom. The van der Waals surface area contributed by atoms with Gasteiger partial charge in [0.15, 0.2) is 0 Å². The fraction of sp³-hybridized carbons (Fsp3) is 0.459. The van der Waals surface area contributed by atoms with Crippen molar-refractivity contribution in [2.45, 2.75) is 59.9 Å². The second-order valence-electron chi connectivity index (χ2n) is 13.5. The van der Waals surface area contributed by atoms with Crippen molar-refractivity contribution in [3.05, 3.63) is 87.8 Å². The van der Waals surface area contributed by atoms with E-state index in [-0.39, 0.29) is 42.2 Å². The maximum Gasteiger partial charge on any atom is 0.261 e. The van der Waals surface area contributed by atoms with Gasteiger partial charge in [0, 0.05) is 65.9 Å². The first kappa shape index (κ1) is 39.1. The number of halogens is 2. The van der Waals surface area contributed by atoms with Gasteiger partial charge in [-0.05, 0) is 81.0 Å². The Hall–Kier alpha value is -3.74. The van der Waals surface area contributed by atoms with Gasteiger partial charge in [0.25, 0.3) is 5.56 Å². The molecule has 2 amide bonds. The minimum absolute atomic E-state index is 0. The number of pyridine rings is 2. The van der Waals surface area contributed by atoms with Crippen LogP contribution < -0.4 is 15.4 Å². The normalized spacial score (nSPS) is 15.6. The molecule has 4 heterocycles. The molecule has 0 unspecified atom stereocenters. The van der Waals surface area contributed by atoms with Crippen LogP contribution in [0.15, 0.2) is 64.1 Å². The molecule has 3 aromatic heterocycles. The summed E-state index contributed by atoms with van der Waals surface area (Å²) in [4.78, 5) is 51.6. The van der Waals surface area contributed by atoms with Gasteiger partial charge in [0.2, 0.25) is 11.8 Å². The van der Waals surface area contributed by atoms with Gasteiger partial charge < -0.3 is 28.3 Å². The Morgan fingerprint density at radius 2 is 1.70 bits per heavy atom. The van der Waals surface area contributed by atoms with E-state index in [4.69, 9.17) is 13.9 Å². The molecule has 4 aromatic rings. The lowest BCUT2D eigenvalue weighted by molar-refractivity contribution is -0.137. The Balaban J connectivity index is 0.00000281. The van der Waals surface area contributed by atoms with Gasteiger partial charge >= 0.3 is 0 Å². The van der Waals surface area contributed by atoms with E-state index in [1.54, 1.807) is 56.0 Å². The number of benzene rings is 1. The van der Waals surface area contributed by atoms with E-state index >= 15 is 0 Å². The van der Waals surface area contributed by atoms with E-state index in [1.807, 2.05) is 36.1 Å². The molecule has 0 N–H and O–H groups in total. The first-order valence-corrected chi connectivity index (χ1v) is 16.6. The number of methoxy groups -OCH3 is 2. The second-order valence-corrected chi connectivity index (χ2v) is 13.5. The van der Waals surface area contributed by atoms with Crippen molar-refractivity contribution in [2.75, 3.05) is 50.3 Å². The highest BCUT2D eigenvalue weighted by Crippen LogP contribution is 2.42. The summed E-state index contributed by atoms with van der Waals surface area (Å²) >= 11 is 0. The van der Waals surface area contributed by atoms with Gasteiger partial charge in [-0.1, -0.05) is 12.1 Å². The predicted octanol–water partition coefficient (Wildman–Crippen LogP) is 5.75. The molecule has 2 aliphatic rings. The Kier molecular flexibility index (Phi) is 12.9. The molecular weight excluding hydrogens is 681 g/mol. The molecule has 1 fully saturated rings. The zero-order valence-corrected chi connectivity index (χ0v) is 31.0. The highest BCUT2D eigenvalue weighted by molar-refractivity contribution is 6.20. The van der Waals surface area contributed by atoms with Crippen LogP contribution in [0.5, 0.6) is 0 Å². The molecular formula is C37H47Cl2N5O6. The van der Waals surface area contributed by atoms with E-state index in [1.165, 1.54) is 0 Å². The number of aryl methyl sites for hydroxylation is 1. The van der Waals surface area contributed by atoms with Crippen LogP contribution in [0.3, 0.4) is 0 Å². The summed E-state index contributed by atoms with van der Waals surface area (Å²) in [6.45, 7) is 9.10. The topological polar surface area (TPSA) is 110 Å². The van der Waals surface area contributed by atoms with E-state index in [0.717, 1.165) is 41.0 Å². The van der Waals surface area contributed by atoms with Gasteiger partial charge in [0.1, 0.15) is 16.8 Å². The van der Waals surface area contributed by atoms with Crippen molar-refractivity contribution in [2.24, 2.45) is 11.3 Å². The molecule has 0 atom stereocenters. The van der Waals surface area contributed by atoms with Crippen LogP contribution in [0.1, 0.15) is 49.3 Å². The molecule has 1 aromatic carbocycles. The number of fused-ring (bicyclic) bond motifs is 2. The number of furan rings is 1. The first-order valence-electron chi connectivity index (χ1n) is 16.6. The monoisotopic (exact) mass is 727 g/mol. The maximum absolute atomic E-state index is 14.1. The third-order valence-electron chi connectivity index (χ3n) is 9.34. The SMILES string of the molecule is COCCN1C(=O)C(C)(C)C(=O)N(CC2CC2)c2cc(CN(CCn3ccc4oc(C)cc4c3=O)Cc3cccnc3COC)ccc21.Cl.Cl. The third-order valence-corrected chi connectivity index (χ3v) is 9.34. The second kappa shape index (κ2) is 16.5. The summed E-state index contributed by atoms with van der Waals surface area (Å²) in [6.07, 6.45) is 5.70. The van der Waals surface area contributed by atoms with Crippen molar-refractivity contribution in [1.29, 1.82) is 0 Å². The summed E-state index contributed by atoms with van der Waals surface area (Å²) in [5.74, 6) is 0.721. The van der Waals surface area contributed by atoms with Crippen molar-refractivity contribution >= 4 is 59.0 Å². The number of hydrogen-bond donors (Lipinski definition) is 0. The molecule has 1 saturated carbocycles. The van der Waals surface area contributed by atoms with Gasteiger partial charge in [-0.3, -0.25) is 24.3 Å². The minimum Gasteiger partial charge on any atom is -0.461 e. The average Bonchev–Trinajstić information content (AvgIpc) is 3.82. The summed E-state index contributed by atoms with van der Waals surface area (Å²) in [7, 11) is 3.27. The van der Waals surface area contributed by atoms with Gasteiger partial charge in [-0.2, -0.15) is 0 Å². The highest BCUT2D eigenvalue weighted by atomic mass is 35.5. The summed E-state index contributed by atoms with van der Waals surface area (Å²) in [5.41, 5.74) is 3.63. The van der Waals surface area contributed by atoms with Crippen LogP contribution in [0.25, 0.3) is 11.0 Å². The molecule has 6 rings (SSSR count). The van der Waals surface area contributed by atoms with Crippen LogP contribution in [-0.4, -0.2) is 66.7 Å². The summed E-state index contributed by atoms with van der Waals surface area (Å²) < 4.78 is 18.2. The average molecular weight is 729 g/mol. The summed E-state index contributed by atoms with van der Waals surface area (Å²) in [6, 6.07) is 13.6. The number of amides is 2. The number of anilines is 2. The smallest absolute Gasteiger partial charge is 0.261 e. The van der Waals surface area contributed by atoms with Crippen molar-refractivity contribution in [3.8, 4) is 0 Å². The Morgan fingerprint density at radius 1 is 0.940 bits per heavy atom. The molecule has 1 aliphatic carbocycles. The third kappa shape index (κ3) is 8.24. The lowest BCUT2D eigenvalue weighted by atomic mass is 9.90. The molecule has 13 heteroatoms. The van der Waals surface area contributed by atoms with Crippen LogP contribution in [0, 0.1) is 18.3 Å². The standard InChI is InChI=1S/C37H45N5O6.2ClH/c1-25-19-29-33(48-25)12-14-40(34(29)43)16-15-39(23-28-7-6-13-38-30(28)24-47-5)21-27-10-11-31-32(20-27)42(22-26-8-9-26)36(45)37(2,3)35(44)41(31)17-18-46-4;;/h6-7,10-14,19-20,26H,8-9,15-18,21-24H2,1-5H3;2*1H. The Bertz CT molecular complexity index is 1870. The van der Waals surface area contributed by atoms with Crippen LogP contribution >= 0.6 is 24.8 Å². The minimum atomic E-state index is -1.21. The van der Waals surface area contributed by atoms with Crippen LogP contribution in [0.4, 0.5) is 11.4 Å². The number of ether oxygens (including phenoxy) is 2. The summed E-state index contributed by atoms with van der Waals surface area (Å²) in [5, 5.41) is 0.567. The molecule has 270 valence electrons. The number of aromatic nitrogens is 2. The van der Waals surface area contributed by atoms with E-state index in [2.05, 4.69) is 22.0 Å². The molecule has 11 nitrogen and oxygen atoms in total. The maximum atomic E-state index is 14.1. The number of carbonyl (C=O) groups is 2. The fourth-order valence-electron chi connectivity index (χ4n) is 6.46. The van der Waals surface area contributed by atoms with E-state index in [0.29, 0.717) is 75.1 Å². The first-order chi connectivity index (χ1) is 23.1. The van der Waals surface area contributed by atoms with Crippen molar-refractivity contribution in [1.82, 2.24) is 14.5 Å². The lowest BCUT2D eigenvalue weighted by Crippen LogP contribution is -2.49. The number of hydrogen-bond acceptors (Lipinski definition) is 8. The molecule has 0 spiro atoms. The number of nitrogens with zero attached hydrogens (tertiary/aromatic N) is 5. The van der Waals surface area contributed by atoms with Crippen molar-refractivity contribution < 1.29 is 23.5 Å². The van der Waals surface area contributed by atoms with Gasteiger partial charge in [-0.25, -0.2) is 0 Å². The number of rotatable bonds is 14. The molecule has 50 heavy (non-hydrogen) atoms. The lowest BCUT2D eigenvalue weighted by Gasteiger charge is -2.29. The highest BCUT2D eigenvalue weighted by Gasteiger charge is 2.47. The molecule has 0 bridgehead atoms. The van der Waals surface area contributed by atoms with E-state index in [9.17, 15) is 14.4 Å². The zero-order valence-electron chi connectivity index (χ0n) is 29.3. The molecule has 0 radical (unpaired) electrons. The quantitative estimate of drug-likeness (QED) is 0.151. The zero-order chi connectivity index (χ0) is 34.0. The number of carbonyl (C=O) groups excluding carboxylic acids is 2. The van der Waals surface area contributed by atoms with E-state index < -0.39 is 5.41 Å². The largest absolute Gasteiger partial charge is 0.461 e. The van der Waals surface area contributed by atoms with Crippen LogP contribution in [0.2, 0.25) is 0 Å². The van der Waals surface area contributed by atoms with Gasteiger partial charge in [0.05, 0.1) is 35.7 Å². The van der Waals surface area contributed by atoms with Gasteiger partial charge in [-0.15, -0.1) is 24.8 Å². The van der Waals surface area contributed by atoms with Crippen LogP contribution in [-0.2, 0) is 45.3 Å². The molecule has 1 aliphatic heterocycles. The van der Waals surface area contributed by atoms with Crippen molar-refractivity contribution in [3.63, 3.8) is 0 Å². The Labute approximate surface area is 305 Å². The fourth-order valence-corrected chi connectivity index (χ4v) is 6.46. The molecule has 0 saturated heterocycles.